The number of hydrogen-bond donors (Lipinski definition) is 1. The first kappa shape index (κ1) is 19.4. The number of nitrogens with zero attached hydrogens (tertiary/aromatic N) is 2. The van der Waals surface area contributed by atoms with Gasteiger partial charge >= 0.3 is 0 Å². The minimum absolute atomic E-state index is 0.349. The van der Waals surface area contributed by atoms with E-state index in [0.29, 0.717) is 17.5 Å². The fourth-order valence-corrected chi connectivity index (χ4v) is 6.22. The smallest absolute Gasteiger partial charge is 0.240 e. The molecule has 4 aliphatic rings. The number of benzene rings is 1. The summed E-state index contributed by atoms with van der Waals surface area (Å²) in [5, 5.41) is 0. The SMILES string of the molecule is Cc1ccc(S(=O)(=O)NCC2CC3CCN2CC3CN2CCCCC2)cc1. The van der Waals surface area contributed by atoms with Gasteiger partial charge in [0.15, 0.2) is 0 Å². The lowest BCUT2D eigenvalue weighted by Gasteiger charge is -2.51. The monoisotopic (exact) mass is 391 g/mol. The third-order valence-electron chi connectivity index (χ3n) is 6.80. The maximum Gasteiger partial charge on any atom is 0.240 e. The van der Waals surface area contributed by atoms with Crippen molar-refractivity contribution in [2.75, 3.05) is 39.3 Å². The van der Waals surface area contributed by atoms with Gasteiger partial charge in [-0.3, -0.25) is 4.90 Å². The molecule has 4 saturated heterocycles. The van der Waals surface area contributed by atoms with Crippen LogP contribution in [0.2, 0.25) is 0 Å². The Bertz CT molecular complexity index is 728. The molecule has 1 aromatic rings. The summed E-state index contributed by atoms with van der Waals surface area (Å²) in [5.74, 6) is 1.52. The zero-order valence-corrected chi connectivity index (χ0v) is 17.3. The Morgan fingerprint density at radius 3 is 2.48 bits per heavy atom. The van der Waals surface area contributed by atoms with Crippen molar-refractivity contribution in [1.29, 1.82) is 0 Å². The lowest BCUT2D eigenvalue weighted by atomic mass is 9.75. The molecule has 0 saturated carbocycles. The van der Waals surface area contributed by atoms with E-state index in [2.05, 4.69) is 14.5 Å². The molecule has 4 fully saturated rings. The van der Waals surface area contributed by atoms with E-state index < -0.39 is 10.0 Å². The van der Waals surface area contributed by atoms with Crippen molar-refractivity contribution in [2.24, 2.45) is 11.8 Å². The number of sulfonamides is 1. The quantitative estimate of drug-likeness (QED) is 0.809. The third kappa shape index (κ3) is 4.56. The molecule has 4 atom stereocenters. The molecular formula is C21H33N3O2S. The van der Waals surface area contributed by atoms with E-state index in [1.54, 1.807) is 12.1 Å². The lowest BCUT2D eigenvalue weighted by molar-refractivity contribution is -0.0122. The topological polar surface area (TPSA) is 52.7 Å². The molecule has 150 valence electrons. The summed E-state index contributed by atoms with van der Waals surface area (Å²) in [6.45, 7) is 8.53. The van der Waals surface area contributed by atoms with Gasteiger partial charge in [0.2, 0.25) is 10.0 Å². The first-order valence-electron chi connectivity index (χ1n) is 10.5. The first-order valence-corrected chi connectivity index (χ1v) is 12.0. The number of nitrogens with one attached hydrogen (secondary N) is 1. The number of piperidine rings is 4. The zero-order valence-electron chi connectivity index (χ0n) is 16.4. The van der Waals surface area contributed by atoms with Crippen LogP contribution >= 0.6 is 0 Å². The van der Waals surface area contributed by atoms with Gasteiger partial charge in [-0.15, -0.1) is 0 Å². The van der Waals surface area contributed by atoms with Crippen molar-refractivity contribution in [2.45, 2.75) is 50.0 Å². The Kier molecular flexibility index (Phi) is 5.88. The van der Waals surface area contributed by atoms with E-state index in [4.69, 9.17) is 0 Å². The van der Waals surface area contributed by atoms with E-state index in [9.17, 15) is 8.42 Å². The van der Waals surface area contributed by atoms with Crippen LogP contribution in [-0.4, -0.2) is 63.5 Å². The highest BCUT2D eigenvalue weighted by Crippen LogP contribution is 2.37. The number of fused-ring (bicyclic) bond motifs is 3. The highest BCUT2D eigenvalue weighted by atomic mass is 32.2. The fraction of sp³-hybridized carbons (Fsp3) is 0.714. The second-order valence-corrected chi connectivity index (χ2v) is 10.5. The van der Waals surface area contributed by atoms with Crippen LogP contribution in [0.5, 0.6) is 0 Å². The van der Waals surface area contributed by atoms with Crippen LogP contribution in [0.3, 0.4) is 0 Å². The molecule has 4 aliphatic heterocycles. The molecule has 4 unspecified atom stereocenters. The van der Waals surface area contributed by atoms with Gasteiger partial charge in [0.05, 0.1) is 4.90 Å². The van der Waals surface area contributed by atoms with Crippen LogP contribution in [0, 0.1) is 18.8 Å². The number of aryl methyl sites for hydroxylation is 1. The third-order valence-corrected chi connectivity index (χ3v) is 8.24. The average Bonchev–Trinajstić information content (AvgIpc) is 2.68. The van der Waals surface area contributed by atoms with E-state index in [0.717, 1.165) is 36.9 Å². The summed E-state index contributed by atoms with van der Waals surface area (Å²) in [7, 11) is -3.41. The largest absolute Gasteiger partial charge is 0.303 e. The molecule has 27 heavy (non-hydrogen) atoms. The molecule has 0 aromatic heterocycles. The molecule has 5 nitrogen and oxygen atoms in total. The molecule has 6 heteroatoms. The molecular weight excluding hydrogens is 358 g/mol. The van der Waals surface area contributed by atoms with Crippen LogP contribution in [0.1, 0.15) is 37.7 Å². The standard InChI is InChI=1S/C21H33N3O2S/c1-17-5-7-21(8-6-17)27(25,26)22-14-20-13-18-9-12-24(20)16-19(18)15-23-10-3-2-4-11-23/h5-8,18-20,22H,2-4,9-16H2,1H3. The minimum atomic E-state index is -3.41. The second-order valence-electron chi connectivity index (χ2n) is 8.72. The Balaban J connectivity index is 1.32. The molecule has 0 aliphatic carbocycles. The van der Waals surface area contributed by atoms with Gasteiger partial charge in [0, 0.05) is 25.7 Å². The Labute approximate surface area is 164 Å². The van der Waals surface area contributed by atoms with Gasteiger partial charge in [-0.1, -0.05) is 24.1 Å². The summed E-state index contributed by atoms with van der Waals surface area (Å²) in [6, 6.07) is 7.44. The molecule has 0 amide bonds. The van der Waals surface area contributed by atoms with E-state index >= 15 is 0 Å². The lowest BCUT2D eigenvalue weighted by Crippen LogP contribution is -2.58. The molecule has 1 aromatic carbocycles. The predicted octanol–water partition coefficient (Wildman–Crippen LogP) is 2.47. The molecule has 4 heterocycles. The first-order chi connectivity index (χ1) is 13.0. The van der Waals surface area contributed by atoms with Gasteiger partial charge in [-0.25, -0.2) is 13.1 Å². The van der Waals surface area contributed by atoms with Crippen LogP contribution in [0.15, 0.2) is 29.2 Å². The molecule has 2 bridgehead atoms. The highest BCUT2D eigenvalue weighted by Gasteiger charge is 2.40. The molecule has 0 radical (unpaired) electrons. The summed E-state index contributed by atoms with van der Waals surface area (Å²) in [5.41, 5.74) is 1.07. The van der Waals surface area contributed by atoms with Gasteiger partial charge in [0.25, 0.3) is 0 Å². The van der Waals surface area contributed by atoms with Crippen LogP contribution in [0.25, 0.3) is 0 Å². The van der Waals surface area contributed by atoms with E-state index in [1.807, 2.05) is 19.1 Å². The average molecular weight is 392 g/mol. The summed E-state index contributed by atoms with van der Waals surface area (Å²) in [4.78, 5) is 5.56. The predicted molar refractivity (Wildman–Crippen MR) is 108 cm³/mol. The van der Waals surface area contributed by atoms with Crippen molar-refractivity contribution in [3.8, 4) is 0 Å². The maximum atomic E-state index is 12.6. The van der Waals surface area contributed by atoms with Crippen molar-refractivity contribution in [1.82, 2.24) is 14.5 Å². The summed E-state index contributed by atoms with van der Waals surface area (Å²) < 4.78 is 28.0. The Hall–Kier alpha value is -0.950. The molecule has 0 spiro atoms. The molecule has 1 N–H and O–H groups in total. The number of likely N-dealkylation sites (tertiary alicyclic amines) is 1. The van der Waals surface area contributed by atoms with Crippen molar-refractivity contribution >= 4 is 10.0 Å². The van der Waals surface area contributed by atoms with Crippen LogP contribution < -0.4 is 4.72 Å². The van der Waals surface area contributed by atoms with Crippen molar-refractivity contribution in [3.63, 3.8) is 0 Å². The maximum absolute atomic E-state index is 12.6. The van der Waals surface area contributed by atoms with Crippen molar-refractivity contribution < 1.29 is 8.42 Å². The van der Waals surface area contributed by atoms with Gasteiger partial charge in [-0.2, -0.15) is 0 Å². The fourth-order valence-electron chi connectivity index (χ4n) is 5.15. The van der Waals surface area contributed by atoms with Crippen LogP contribution in [-0.2, 0) is 10.0 Å². The summed E-state index contributed by atoms with van der Waals surface area (Å²) in [6.07, 6.45) is 6.50. The van der Waals surface area contributed by atoms with Gasteiger partial charge in [-0.05, 0) is 76.2 Å². The van der Waals surface area contributed by atoms with Gasteiger partial charge < -0.3 is 4.90 Å². The normalized spacial score (nSPS) is 31.9. The number of hydrogen-bond acceptors (Lipinski definition) is 4. The summed E-state index contributed by atoms with van der Waals surface area (Å²) >= 11 is 0. The van der Waals surface area contributed by atoms with E-state index in [1.165, 1.54) is 45.3 Å². The Morgan fingerprint density at radius 2 is 1.81 bits per heavy atom. The van der Waals surface area contributed by atoms with E-state index in [-0.39, 0.29) is 0 Å². The van der Waals surface area contributed by atoms with Crippen molar-refractivity contribution in [3.05, 3.63) is 29.8 Å². The molecule has 5 rings (SSSR count). The minimum Gasteiger partial charge on any atom is -0.303 e. The van der Waals surface area contributed by atoms with Crippen LogP contribution in [0.4, 0.5) is 0 Å². The highest BCUT2D eigenvalue weighted by molar-refractivity contribution is 7.89. The Morgan fingerprint density at radius 1 is 1.07 bits per heavy atom. The second kappa shape index (κ2) is 8.19. The number of rotatable bonds is 6. The van der Waals surface area contributed by atoms with Gasteiger partial charge in [0.1, 0.15) is 0 Å². The zero-order chi connectivity index (χ0) is 18.9.